The Hall–Kier alpha value is -2.52. The summed E-state index contributed by atoms with van der Waals surface area (Å²) in [6, 6.07) is 18.9. The molecule has 4 rings (SSSR count). The SMILES string of the molecule is CC(=NCC(=O)c1ccc(C(=O)CCc2ccc(S)cc2)s1)c1csc(-c2ccc(Br)cc2)c1O. The van der Waals surface area contributed by atoms with Gasteiger partial charge in [-0.1, -0.05) is 40.2 Å². The number of ketones is 2. The number of aromatic hydroxyl groups is 1. The van der Waals surface area contributed by atoms with E-state index in [1.807, 2.05) is 53.9 Å². The molecule has 0 bridgehead atoms. The van der Waals surface area contributed by atoms with E-state index in [1.165, 1.54) is 22.7 Å². The zero-order chi connectivity index (χ0) is 24.9. The van der Waals surface area contributed by atoms with Gasteiger partial charge in [-0.25, -0.2) is 0 Å². The largest absolute Gasteiger partial charge is 0.506 e. The number of benzene rings is 2. The van der Waals surface area contributed by atoms with Crippen LogP contribution in [0.2, 0.25) is 0 Å². The molecule has 178 valence electrons. The number of aliphatic imine (C=N–C) groups is 1. The molecule has 0 fully saturated rings. The van der Waals surface area contributed by atoms with Crippen molar-refractivity contribution < 1.29 is 14.7 Å². The summed E-state index contributed by atoms with van der Waals surface area (Å²) in [7, 11) is 0. The van der Waals surface area contributed by atoms with Crippen LogP contribution in [0.3, 0.4) is 0 Å². The second kappa shape index (κ2) is 11.5. The van der Waals surface area contributed by atoms with Gasteiger partial charge in [0, 0.05) is 32.4 Å². The molecule has 2 heterocycles. The van der Waals surface area contributed by atoms with Crippen molar-refractivity contribution in [3.8, 4) is 16.2 Å². The molecular weight excluding hydrogens is 562 g/mol. The van der Waals surface area contributed by atoms with Gasteiger partial charge in [0.05, 0.1) is 14.6 Å². The Morgan fingerprint density at radius 1 is 0.971 bits per heavy atom. The molecule has 0 saturated heterocycles. The first-order valence-corrected chi connectivity index (χ1v) is 13.8. The highest BCUT2D eigenvalue weighted by Gasteiger charge is 2.17. The zero-order valence-corrected chi connectivity index (χ0v) is 22.9. The Kier molecular flexibility index (Phi) is 8.38. The third-order valence-corrected chi connectivity index (χ3v) is 8.47. The van der Waals surface area contributed by atoms with Crippen LogP contribution in [0.15, 0.2) is 80.4 Å². The van der Waals surface area contributed by atoms with Crippen LogP contribution in [0.4, 0.5) is 0 Å². The van der Waals surface area contributed by atoms with E-state index in [0.717, 1.165) is 25.4 Å². The third kappa shape index (κ3) is 6.38. The molecular formula is C27H22BrNO3S3. The van der Waals surface area contributed by atoms with Gasteiger partial charge in [0.1, 0.15) is 12.3 Å². The third-order valence-electron chi connectivity index (χ3n) is 5.45. The smallest absolute Gasteiger partial charge is 0.194 e. The van der Waals surface area contributed by atoms with E-state index < -0.39 is 0 Å². The Labute approximate surface area is 225 Å². The van der Waals surface area contributed by atoms with E-state index in [1.54, 1.807) is 19.1 Å². The second-order valence-corrected chi connectivity index (χ2v) is 11.3. The molecule has 8 heteroatoms. The summed E-state index contributed by atoms with van der Waals surface area (Å²) < 4.78 is 0.968. The van der Waals surface area contributed by atoms with Gasteiger partial charge in [-0.2, -0.15) is 0 Å². The number of thiol groups is 1. The number of rotatable bonds is 9. The minimum Gasteiger partial charge on any atom is -0.506 e. The number of halogens is 1. The molecule has 0 saturated carbocycles. The van der Waals surface area contributed by atoms with Gasteiger partial charge >= 0.3 is 0 Å². The molecule has 0 aliphatic carbocycles. The van der Waals surface area contributed by atoms with Gasteiger partial charge in [-0.3, -0.25) is 14.6 Å². The summed E-state index contributed by atoms with van der Waals surface area (Å²) in [5, 5.41) is 12.6. The topological polar surface area (TPSA) is 66.7 Å². The van der Waals surface area contributed by atoms with Gasteiger partial charge in [-0.05, 0) is 60.9 Å². The highest BCUT2D eigenvalue weighted by Crippen LogP contribution is 2.39. The lowest BCUT2D eigenvalue weighted by Gasteiger charge is -2.02. The van der Waals surface area contributed by atoms with Crippen LogP contribution in [0.5, 0.6) is 5.75 Å². The number of Topliss-reactive ketones (excluding diaryl/α,β-unsaturated/α-hetero) is 2. The lowest BCUT2D eigenvalue weighted by Crippen LogP contribution is -2.04. The van der Waals surface area contributed by atoms with E-state index in [2.05, 4.69) is 33.6 Å². The zero-order valence-electron chi connectivity index (χ0n) is 18.8. The van der Waals surface area contributed by atoms with E-state index in [4.69, 9.17) is 0 Å². The summed E-state index contributed by atoms with van der Waals surface area (Å²) in [6.45, 7) is 1.74. The molecule has 0 aliphatic heterocycles. The molecule has 0 radical (unpaired) electrons. The standard InChI is InChI=1S/C27H22BrNO3S3/c1-16(21-15-34-27(26(21)32)18-5-7-19(28)8-6-18)29-14-23(31)25-13-12-24(35-25)22(30)11-4-17-2-9-20(33)10-3-17/h2-3,5-10,12-13,15,32-33H,4,11,14H2,1H3. The fourth-order valence-electron chi connectivity index (χ4n) is 3.45. The molecule has 0 amide bonds. The number of hydrogen-bond acceptors (Lipinski definition) is 7. The average Bonchev–Trinajstić information content (AvgIpc) is 3.50. The summed E-state index contributed by atoms with van der Waals surface area (Å²) in [5.41, 5.74) is 3.21. The van der Waals surface area contributed by atoms with Crippen molar-refractivity contribution in [1.82, 2.24) is 0 Å². The van der Waals surface area contributed by atoms with Crippen LogP contribution < -0.4 is 0 Å². The first-order chi connectivity index (χ1) is 16.8. The molecule has 4 aromatic rings. The van der Waals surface area contributed by atoms with Crippen LogP contribution in [0.1, 0.15) is 43.8 Å². The van der Waals surface area contributed by atoms with Crippen LogP contribution >= 0.6 is 51.2 Å². The van der Waals surface area contributed by atoms with E-state index >= 15 is 0 Å². The first-order valence-electron chi connectivity index (χ1n) is 10.8. The fourth-order valence-corrected chi connectivity index (χ4v) is 5.78. The molecule has 35 heavy (non-hydrogen) atoms. The Balaban J connectivity index is 1.38. The normalized spacial score (nSPS) is 11.6. The minimum absolute atomic E-state index is 0.0207. The van der Waals surface area contributed by atoms with Crippen molar-refractivity contribution >= 4 is 68.5 Å². The number of aryl methyl sites for hydroxylation is 1. The summed E-state index contributed by atoms with van der Waals surface area (Å²) >= 11 is 10.3. The molecule has 0 atom stereocenters. The molecule has 4 nitrogen and oxygen atoms in total. The van der Waals surface area contributed by atoms with Crippen LogP contribution in [0, 0.1) is 0 Å². The lowest BCUT2D eigenvalue weighted by atomic mass is 10.1. The quantitative estimate of drug-likeness (QED) is 0.120. The predicted octanol–water partition coefficient (Wildman–Crippen LogP) is 7.74. The Morgan fingerprint density at radius 2 is 1.63 bits per heavy atom. The number of carbonyl (C=O) groups is 2. The van der Waals surface area contributed by atoms with Crippen molar-refractivity contribution in [3.63, 3.8) is 0 Å². The number of hydrogen-bond donors (Lipinski definition) is 2. The van der Waals surface area contributed by atoms with Gasteiger partial charge in [0.2, 0.25) is 0 Å². The second-order valence-electron chi connectivity index (χ2n) is 7.91. The summed E-state index contributed by atoms with van der Waals surface area (Å²) in [6.07, 6.45) is 1.03. The van der Waals surface area contributed by atoms with E-state index in [0.29, 0.717) is 33.9 Å². The van der Waals surface area contributed by atoms with Crippen molar-refractivity contribution in [2.24, 2.45) is 4.99 Å². The predicted molar refractivity (Wildman–Crippen MR) is 151 cm³/mol. The summed E-state index contributed by atoms with van der Waals surface area (Å²) in [4.78, 5) is 32.4. The Bertz CT molecular complexity index is 1390. The average molecular weight is 585 g/mol. The minimum atomic E-state index is -0.152. The van der Waals surface area contributed by atoms with Gasteiger partial charge in [0.15, 0.2) is 11.6 Å². The molecule has 0 unspecified atom stereocenters. The highest BCUT2D eigenvalue weighted by molar-refractivity contribution is 9.10. The first kappa shape index (κ1) is 25.6. The molecule has 0 aliphatic rings. The maximum Gasteiger partial charge on any atom is 0.194 e. The molecule has 1 N–H and O–H groups in total. The molecule has 2 aromatic heterocycles. The van der Waals surface area contributed by atoms with Crippen molar-refractivity contribution in [1.29, 1.82) is 0 Å². The fraction of sp³-hybridized carbons (Fsp3) is 0.148. The maximum atomic E-state index is 12.7. The number of carbonyl (C=O) groups excluding carboxylic acids is 2. The lowest BCUT2D eigenvalue weighted by molar-refractivity contribution is 0.0984. The van der Waals surface area contributed by atoms with Crippen molar-refractivity contribution in [3.05, 3.63) is 91.4 Å². The van der Waals surface area contributed by atoms with Crippen LogP contribution in [-0.2, 0) is 6.42 Å². The van der Waals surface area contributed by atoms with E-state index in [-0.39, 0.29) is 23.9 Å². The Morgan fingerprint density at radius 3 is 2.31 bits per heavy atom. The summed E-state index contributed by atoms with van der Waals surface area (Å²) in [5.74, 6) is 0.0343. The van der Waals surface area contributed by atoms with Crippen LogP contribution in [-0.4, -0.2) is 28.9 Å². The van der Waals surface area contributed by atoms with Gasteiger partial charge < -0.3 is 5.11 Å². The van der Waals surface area contributed by atoms with Crippen LogP contribution in [0.25, 0.3) is 10.4 Å². The molecule has 2 aromatic carbocycles. The number of nitrogens with zero attached hydrogens (tertiary/aromatic N) is 1. The monoisotopic (exact) mass is 583 g/mol. The van der Waals surface area contributed by atoms with Gasteiger partial charge in [0.25, 0.3) is 0 Å². The highest BCUT2D eigenvalue weighted by atomic mass is 79.9. The van der Waals surface area contributed by atoms with Crippen molar-refractivity contribution in [2.45, 2.75) is 24.7 Å². The van der Waals surface area contributed by atoms with E-state index in [9.17, 15) is 14.7 Å². The van der Waals surface area contributed by atoms with Gasteiger partial charge in [-0.15, -0.1) is 35.3 Å². The molecule has 0 spiro atoms. The van der Waals surface area contributed by atoms with Crippen molar-refractivity contribution in [2.75, 3.05) is 6.54 Å². The maximum absolute atomic E-state index is 12.7. The number of thiophene rings is 2.